The Hall–Kier alpha value is -2.58. The normalized spacial score (nSPS) is 14.2. The van der Waals surface area contributed by atoms with Gasteiger partial charge in [0.25, 0.3) is 5.91 Å². The van der Waals surface area contributed by atoms with Crippen LogP contribution in [0.2, 0.25) is 0 Å². The zero-order chi connectivity index (χ0) is 21.0. The molecule has 1 amide bonds. The Bertz CT molecular complexity index is 972. The molecular weight excluding hydrogens is 390 g/mol. The number of anilines is 1. The molecule has 1 aliphatic rings. The van der Waals surface area contributed by atoms with E-state index in [2.05, 4.69) is 5.32 Å². The Morgan fingerprint density at radius 1 is 1.14 bits per heavy atom. The third-order valence-corrected chi connectivity index (χ3v) is 6.89. The van der Waals surface area contributed by atoms with Gasteiger partial charge in [0.15, 0.2) is 0 Å². The van der Waals surface area contributed by atoms with Crippen LogP contribution in [0.4, 0.5) is 5.69 Å². The molecule has 1 aliphatic heterocycles. The second-order valence-electron chi connectivity index (χ2n) is 7.23. The molecule has 0 aromatic heterocycles. The summed E-state index contributed by atoms with van der Waals surface area (Å²) in [6.07, 6.45) is 0.649. The van der Waals surface area contributed by atoms with E-state index < -0.39 is 10.0 Å². The molecule has 8 heteroatoms. The molecule has 0 spiro atoms. The van der Waals surface area contributed by atoms with E-state index in [1.54, 1.807) is 19.2 Å². The number of benzene rings is 2. The molecule has 29 heavy (non-hydrogen) atoms. The molecule has 0 unspecified atom stereocenters. The average molecular weight is 418 g/mol. The number of hydrogen-bond acceptors (Lipinski definition) is 5. The molecule has 0 atom stereocenters. The number of amides is 1. The van der Waals surface area contributed by atoms with Crippen molar-refractivity contribution in [3.05, 3.63) is 59.2 Å². The summed E-state index contributed by atoms with van der Waals surface area (Å²) in [4.78, 5) is 14.2. The summed E-state index contributed by atoms with van der Waals surface area (Å²) < 4.78 is 32.1. The van der Waals surface area contributed by atoms with Crippen molar-refractivity contribution in [2.24, 2.45) is 0 Å². The minimum Gasteiger partial charge on any atom is -0.497 e. The average Bonchev–Trinajstić information content (AvgIpc) is 2.72. The molecule has 0 saturated heterocycles. The van der Waals surface area contributed by atoms with Crippen LogP contribution in [-0.4, -0.2) is 58.7 Å². The summed E-state index contributed by atoms with van der Waals surface area (Å²) in [5.74, 6) is 0.378. The lowest BCUT2D eigenvalue weighted by Gasteiger charge is -2.28. The number of sulfonamides is 1. The topological polar surface area (TPSA) is 79.0 Å². The molecule has 7 nitrogen and oxygen atoms in total. The lowest BCUT2D eigenvalue weighted by Crippen LogP contribution is -2.40. The summed E-state index contributed by atoms with van der Waals surface area (Å²) in [5, 5.41) is 2.70. The summed E-state index contributed by atoms with van der Waals surface area (Å²) in [7, 11) is 2.01. The van der Waals surface area contributed by atoms with E-state index in [1.807, 2.05) is 49.3 Å². The zero-order valence-corrected chi connectivity index (χ0v) is 17.8. The Balaban J connectivity index is 1.55. The highest BCUT2D eigenvalue weighted by molar-refractivity contribution is 7.89. The zero-order valence-electron chi connectivity index (χ0n) is 17.0. The monoisotopic (exact) mass is 417 g/mol. The van der Waals surface area contributed by atoms with Crippen molar-refractivity contribution >= 4 is 21.6 Å². The number of nitrogens with one attached hydrogen (secondary N) is 1. The number of carbonyl (C=O) groups excluding carboxylic acids is 1. The predicted octanol–water partition coefficient (Wildman–Crippen LogP) is 1.88. The molecule has 1 heterocycles. The third kappa shape index (κ3) is 5.07. The highest BCUT2D eigenvalue weighted by Gasteiger charge is 2.26. The maximum atomic E-state index is 12.7. The molecular formula is C21H27N3O4S. The Labute approximate surface area is 172 Å². The van der Waals surface area contributed by atoms with Crippen LogP contribution in [-0.2, 0) is 23.0 Å². The molecule has 0 radical (unpaired) electrons. The van der Waals surface area contributed by atoms with Crippen LogP contribution in [0.5, 0.6) is 5.75 Å². The summed E-state index contributed by atoms with van der Waals surface area (Å²) in [5.41, 5.74) is 3.61. The van der Waals surface area contributed by atoms with Crippen LogP contribution < -0.4 is 15.0 Å². The molecule has 0 fully saturated rings. The Morgan fingerprint density at radius 2 is 1.86 bits per heavy atom. The van der Waals surface area contributed by atoms with E-state index in [-0.39, 0.29) is 18.2 Å². The predicted molar refractivity (Wildman–Crippen MR) is 114 cm³/mol. The lowest BCUT2D eigenvalue weighted by molar-refractivity contribution is 0.0956. The summed E-state index contributed by atoms with van der Waals surface area (Å²) in [6.45, 7) is 0.854. The number of rotatable bonds is 7. The van der Waals surface area contributed by atoms with E-state index >= 15 is 0 Å². The first kappa shape index (κ1) is 21.1. The van der Waals surface area contributed by atoms with E-state index in [1.165, 1.54) is 4.31 Å². The molecule has 1 N–H and O–H groups in total. The van der Waals surface area contributed by atoms with Gasteiger partial charge in [0, 0.05) is 45.0 Å². The van der Waals surface area contributed by atoms with Gasteiger partial charge >= 0.3 is 0 Å². The van der Waals surface area contributed by atoms with E-state index in [0.29, 0.717) is 25.1 Å². The van der Waals surface area contributed by atoms with Crippen LogP contribution >= 0.6 is 0 Å². The number of nitrogens with zero attached hydrogens (tertiary/aromatic N) is 2. The van der Waals surface area contributed by atoms with Crippen molar-refractivity contribution in [3.63, 3.8) is 0 Å². The van der Waals surface area contributed by atoms with E-state index in [4.69, 9.17) is 4.74 Å². The first-order valence-electron chi connectivity index (χ1n) is 9.49. The highest BCUT2D eigenvalue weighted by atomic mass is 32.2. The van der Waals surface area contributed by atoms with Gasteiger partial charge in [0.1, 0.15) is 5.75 Å². The number of ether oxygens (including phenoxy) is 1. The summed E-state index contributed by atoms with van der Waals surface area (Å²) in [6, 6.07) is 12.9. The van der Waals surface area contributed by atoms with Gasteiger partial charge in [-0.15, -0.1) is 0 Å². The van der Waals surface area contributed by atoms with Crippen molar-refractivity contribution < 1.29 is 17.9 Å². The van der Waals surface area contributed by atoms with Crippen LogP contribution in [0.1, 0.15) is 21.5 Å². The van der Waals surface area contributed by atoms with Gasteiger partial charge in [-0.3, -0.25) is 4.79 Å². The highest BCUT2D eigenvalue weighted by Crippen LogP contribution is 2.25. The van der Waals surface area contributed by atoms with Gasteiger partial charge in [0.05, 0.1) is 12.9 Å². The van der Waals surface area contributed by atoms with Gasteiger partial charge in [-0.1, -0.05) is 6.07 Å². The van der Waals surface area contributed by atoms with E-state index in [0.717, 1.165) is 22.6 Å². The van der Waals surface area contributed by atoms with Gasteiger partial charge in [-0.25, -0.2) is 8.42 Å². The largest absolute Gasteiger partial charge is 0.497 e. The standard InChI is InChI=1S/C21H27N3O4S/c1-23(2)19-7-4-16(5-8-19)21(25)22-11-13-29(26,27)24-12-10-17-14-20(28-3)9-6-18(17)15-24/h4-9,14H,10-13,15H2,1-3H3,(H,22,25). The smallest absolute Gasteiger partial charge is 0.251 e. The van der Waals surface area contributed by atoms with Crippen molar-refractivity contribution in [1.29, 1.82) is 0 Å². The number of carbonyl (C=O) groups is 1. The molecule has 0 aliphatic carbocycles. The Kier molecular flexibility index (Phi) is 6.44. The van der Waals surface area contributed by atoms with Crippen molar-refractivity contribution in [3.8, 4) is 5.75 Å². The fourth-order valence-corrected chi connectivity index (χ4v) is 4.63. The van der Waals surface area contributed by atoms with Gasteiger partial charge in [-0.05, 0) is 53.9 Å². The maximum Gasteiger partial charge on any atom is 0.251 e. The van der Waals surface area contributed by atoms with Crippen LogP contribution in [0.15, 0.2) is 42.5 Å². The first-order valence-corrected chi connectivity index (χ1v) is 11.1. The molecule has 0 saturated carbocycles. The maximum absolute atomic E-state index is 12.7. The fourth-order valence-electron chi connectivity index (χ4n) is 3.30. The van der Waals surface area contributed by atoms with Gasteiger partial charge in [0.2, 0.25) is 10.0 Å². The molecule has 3 rings (SSSR count). The quantitative estimate of drug-likeness (QED) is 0.744. The van der Waals surface area contributed by atoms with Crippen LogP contribution in [0.25, 0.3) is 0 Å². The third-order valence-electron chi connectivity index (χ3n) is 5.08. The lowest BCUT2D eigenvalue weighted by atomic mass is 10.0. The van der Waals surface area contributed by atoms with Crippen LogP contribution in [0.3, 0.4) is 0 Å². The Morgan fingerprint density at radius 3 is 2.52 bits per heavy atom. The molecule has 2 aromatic rings. The first-order chi connectivity index (χ1) is 13.8. The SMILES string of the molecule is COc1ccc2c(c1)CCN(S(=O)(=O)CCNC(=O)c1ccc(N(C)C)cc1)C2. The van der Waals surface area contributed by atoms with E-state index in [9.17, 15) is 13.2 Å². The minimum atomic E-state index is -3.46. The van der Waals surface area contributed by atoms with Crippen molar-refractivity contribution in [2.45, 2.75) is 13.0 Å². The fraction of sp³-hybridized carbons (Fsp3) is 0.381. The number of hydrogen-bond donors (Lipinski definition) is 1. The van der Waals surface area contributed by atoms with Crippen LogP contribution in [0, 0.1) is 0 Å². The van der Waals surface area contributed by atoms with Gasteiger partial charge < -0.3 is 15.0 Å². The second kappa shape index (κ2) is 8.84. The second-order valence-corrected chi connectivity index (χ2v) is 9.32. The summed E-state index contributed by atoms with van der Waals surface area (Å²) >= 11 is 0. The molecule has 2 aromatic carbocycles. The van der Waals surface area contributed by atoms with Gasteiger partial charge in [-0.2, -0.15) is 4.31 Å². The number of fused-ring (bicyclic) bond motifs is 1. The van der Waals surface area contributed by atoms with Crippen molar-refractivity contribution in [2.75, 3.05) is 44.9 Å². The minimum absolute atomic E-state index is 0.0720. The number of methoxy groups -OCH3 is 1. The van der Waals surface area contributed by atoms with Crippen molar-refractivity contribution in [1.82, 2.24) is 9.62 Å². The molecule has 156 valence electrons. The molecule has 0 bridgehead atoms.